The summed E-state index contributed by atoms with van der Waals surface area (Å²) in [4.78, 5) is 22.0. The maximum Gasteiger partial charge on any atom is 0.252 e. The second-order valence-corrected chi connectivity index (χ2v) is 12.2. The lowest BCUT2D eigenvalue weighted by Crippen LogP contribution is -2.15. The monoisotopic (exact) mass is 617 g/mol. The molecule has 42 heavy (non-hydrogen) atoms. The van der Waals surface area contributed by atoms with Crippen molar-refractivity contribution in [2.24, 2.45) is 16.0 Å². The van der Waals surface area contributed by atoms with Gasteiger partial charge in [0.15, 0.2) is 5.82 Å². The Labute approximate surface area is 258 Å². The highest BCUT2D eigenvalue weighted by Crippen LogP contribution is 2.38. The van der Waals surface area contributed by atoms with Crippen molar-refractivity contribution in [3.8, 4) is 0 Å². The number of benzene rings is 3. The van der Waals surface area contributed by atoms with Crippen LogP contribution in [-0.4, -0.2) is 15.9 Å². The molecule has 11 heteroatoms. The Balaban J connectivity index is 1.64. The van der Waals surface area contributed by atoms with Gasteiger partial charge in [-0.2, -0.15) is 0 Å². The molecule has 0 unspecified atom stereocenters. The molecular weight excluding hydrogens is 589 g/mol. The van der Waals surface area contributed by atoms with Gasteiger partial charge in [-0.15, -0.1) is 10.2 Å². The first-order valence-electron chi connectivity index (χ1n) is 13.1. The van der Waals surface area contributed by atoms with Crippen LogP contribution >= 0.6 is 34.5 Å². The van der Waals surface area contributed by atoms with Crippen molar-refractivity contribution in [1.82, 2.24) is 9.97 Å². The number of hydrogen-bond donors (Lipinski definition) is 3. The molecule has 0 fully saturated rings. The molecule has 214 valence electrons. The molecule has 2 aromatic heterocycles. The Hall–Kier alpha value is -4.05. The molecule has 3 aromatic carbocycles. The zero-order valence-electron chi connectivity index (χ0n) is 24.0. The van der Waals surface area contributed by atoms with E-state index in [1.807, 2.05) is 34.6 Å². The second kappa shape index (κ2) is 11.7. The number of anilines is 4. The van der Waals surface area contributed by atoms with Gasteiger partial charge in [0.05, 0.1) is 25.8 Å². The van der Waals surface area contributed by atoms with Gasteiger partial charge in [-0.3, -0.25) is 4.79 Å². The smallest absolute Gasteiger partial charge is 0.252 e. The van der Waals surface area contributed by atoms with E-state index in [0.717, 1.165) is 49.5 Å². The maximum atomic E-state index is 12.7. The summed E-state index contributed by atoms with van der Waals surface area (Å²) in [5.41, 5.74) is 15.1. The Morgan fingerprint density at radius 2 is 1.26 bits per heavy atom. The fourth-order valence-corrected chi connectivity index (χ4v) is 6.19. The predicted molar refractivity (Wildman–Crippen MR) is 174 cm³/mol. The van der Waals surface area contributed by atoms with Crippen molar-refractivity contribution in [3.63, 3.8) is 0 Å². The quantitative estimate of drug-likeness (QED) is 0.157. The number of aryl methyl sites for hydroxylation is 6. The lowest BCUT2D eigenvalue weighted by atomic mass is 10.0. The van der Waals surface area contributed by atoms with E-state index in [-0.39, 0.29) is 5.56 Å². The number of nitrogens with zero attached hydrogens (tertiary/aromatic N) is 4. The normalized spacial score (nSPS) is 11.4. The summed E-state index contributed by atoms with van der Waals surface area (Å²) < 4.78 is 0.821. The predicted octanol–water partition coefficient (Wildman–Crippen LogP) is 9.85. The Morgan fingerprint density at radius 1 is 0.738 bits per heavy atom. The molecular formula is C31H29Cl2N7OS. The number of carbonyl (C=O) groups excluding carboxylic acids is 1. The Kier molecular flexibility index (Phi) is 8.19. The van der Waals surface area contributed by atoms with Gasteiger partial charge >= 0.3 is 0 Å². The van der Waals surface area contributed by atoms with Gasteiger partial charge in [0.25, 0.3) is 5.91 Å². The number of azo groups is 1. The topological polar surface area (TPSA) is 118 Å². The number of nitrogens with two attached hydrogens (primary N) is 1. The fourth-order valence-electron chi connectivity index (χ4n) is 5.00. The van der Waals surface area contributed by atoms with Crippen molar-refractivity contribution in [1.29, 1.82) is 0 Å². The van der Waals surface area contributed by atoms with Crippen molar-refractivity contribution >= 4 is 84.5 Å². The van der Waals surface area contributed by atoms with Gasteiger partial charge in [0.1, 0.15) is 11.5 Å². The number of thiazole rings is 1. The zero-order valence-corrected chi connectivity index (χ0v) is 26.3. The molecule has 1 amide bonds. The standard InChI is InChI=1S/C31H29Cl2N7OS/c1-14-7-16(3)26(17(4)8-14)36-29-20(28(34)41)11-24(30(38-29)37-27-18(5)9-15(2)10-19(27)6)39-40-31-35-23-12-21(32)22(33)13-25(23)42-31/h7-13H,1-6H3,(H2,34,41)(H2,36,37,38). The lowest BCUT2D eigenvalue weighted by Gasteiger charge is -2.19. The summed E-state index contributed by atoms with van der Waals surface area (Å²) >= 11 is 13.7. The Morgan fingerprint density at radius 3 is 1.81 bits per heavy atom. The number of rotatable bonds is 7. The maximum absolute atomic E-state index is 12.7. The largest absolute Gasteiger partial charge is 0.365 e. The highest BCUT2D eigenvalue weighted by Gasteiger charge is 2.19. The van der Waals surface area contributed by atoms with Crippen LogP contribution in [0, 0.1) is 41.5 Å². The van der Waals surface area contributed by atoms with Gasteiger partial charge in [-0.25, -0.2) is 9.97 Å². The molecule has 8 nitrogen and oxygen atoms in total. The fraction of sp³-hybridized carbons (Fsp3) is 0.194. The van der Waals surface area contributed by atoms with Crippen molar-refractivity contribution in [2.75, 3.05) is 10.6 Å². The molecule has 0 aliphatic rings. The summed E-state index contributed by atoms with van der Waals surface area (Å²) in [6, 6.07) is 13.3. The van der Waals surface area contributed by atoms with Crippen LogP contribution < -0.4 is 16.4 Å². The van der Waals surface area contributed by atoms with E-state index in [4.69, 9.17) is 33.9 Å². The van der Waals surface area contributed by atoms with Gasteiger partial charge in [-0.1, -0.05) is 69.9 Å². The SMILES string of the molecule is Cc1cc(C)c(Nc2nc(Nc3c(C)cc(C)cc3C)c(C(N)=O)cc2N=Nc2nc3cc(Cl)c(Cl)cc3s2)c(C)c1. The number of amides is 1. The van der Waals surface area contributed by atoms with Crippen LogP contribution in [0.4, 0.5) is 33.8 Å². The van der Waals surface area contributed by atoms with Gasteiger partial charge in [0, 0.05) is 11.4 Å². The third-order valence-electron chi connectivity index (χ3n) is 6.77. The summed E-state index contributed by atoms with van der Waals surface area (Å²) in [7, 11) is 0. The first-order chi connectivity index (χ1) is 19.9. The molecule has 2 heterocycles. The number of fused-ring (bicyclic) bond motifs is 1. The average Bonchev–Trinajstić information content (AvgIpc) is 3.28. The number of primary amides is 1. The van der Waals surface area contributed by atoms with Crippen molar-refractivity contribution in [2.45, 2.75) is 41.5 Å². The van der Waals surface area contributed by atoms with Crippen LogP contribution in [0.25, 0.3) is 10.2 Å². The molecule has 0 saturated heterocycles. The van der Waals surface area contributed by atoms with Crippen molar-refractivity contribution in [3.05, 3.63) is 91.5 Å². The Bertz CT molecular complexity index is 1830. The number of carbonyl (C=O) groups is 1. The van der Waals surface area contributed by atoms with Crippen LogP contribution in [0.1, 0.15) is 43.7 Å². The summed E-state index contributed by atoms with van der Waals surface area (Å²) in [5, 5.41) is 16.9. The van der Waals surface area contributed by atoms with Crippen molar-refractivity contribution < 1.29 is 4.79 Å². The highest BCUT2D eigenvalue weighted by atomic mass is 35.5. The van der Waals surface area contributed by atoms with E-state index >= 15 is 0 Å². The van der Waals surface area contributed by atoms with Crippen LogP contribution in [0.2, 0.25) is 10.0 Å². The van der Waals surface area contributed by atoms with E-state index < -0.39 is 5.91 Å². The molecule has 0 radical (unpaired) electrons. The molecule has 0 atom stereocenters. The first kappa shape index (κ1) is 29.4. The van der Waals surface area contributed by atoms with Gasteiger partial charge in [-0.05, 0) is 82.0 Å². The van der Waals surface area contributed by atoms with Gasteiger partial charge < -0.3 is 16.4 Å². The molecule has 0 saturated carbocycles. The number of halogens is 2. The number of aromatic nitrogens is 2. The second-order valence-electron chi connectivity index (χ2n) is 10.3. The minimum atomic E-state index is -0.651. The summed E-state index contributed by atoms with van der Waals surface area (Å²) in [6.45, 7) is 12.2. The minimum Gasteiger partial charge on any atom is -0.365 e. The minimum absolute atomic E-state index is 0.175. The number of pyridine rings is 1. The highest BCUT2D eigenvalue weighted by molar-refractivity contribution is 7.22. The molecule has 0 aliphatic carbocycles. The third-order valence-corrected chi connectivity index (χ3v) is 8.40. The van der Waals surface area contributed by atoms with Crippen LogP contribution in [0.15, 0.2) is 52.7 Å². The molecule has 4 N–H and O–H groups in total. The molecule has 0 aliphatic heterocycles. The van der Waals surface area contributed by atoms with E-state index in [2.05, 4.69) is 57.0 Å². The van der Waals surface area contributed by atoms with E-state index in [0.29, 0.717) is 38.0 Å². The lowest BCUT2D eigenvalue weighted by molar-refractivity contribution is 0.100. The van der Waals surface area contributed by atoms with E-state index in [1.54, 1.807) is 18.2 Å². The zero-order chi connectivity index (χ0) is 30.3. The van der Waals surface area contributed by atoms with Gasteiger partial charge in [0.2, 0.25) is 5.13 Å². The molecule has 5 rings (SSSR count). The molecule has 5 aromatic rings. The number of nitrogens with one attached hydrogen (secondary N) is 2. The summed E-state index contributed by atoms with van der Waals surface area (Å²) in [6.07, 6.45) is 0. The average molecular weight is 619 g/mol. The molecule has 0 bridgehead atoms. The first-order valence-corrected chi connectivity index (χ1v) is 14.7. The third kappa shape index (κ3) is 6.09. The van der Waals surface area contributed by atoms with Crippen LogP contribution in [0.3, 0.4) is 0 Å². The van der Waals surface area contributed by atoms with E-state index in [9.17, 15) is 4.79 Å². The number of hydrogen-bond acceptors (Lipinski definition) is 8. The molecule has 0 spiro atoms. The van der Waals surface area contributed by atoms with E-state index in [1.165, 1.54) is 11.3 Å². The van der Waals surface area contributed by atoms with Crippen LogP contribution in [-0.2, 0) is 0 Å². The summed E-state index contributed by atoms with van der Waals surface area (Å²) in [5.74, 6) is 0.0593. The van der Waals surface area contributed by atoms with Crippen LogP contribution in [0.5, 0.6) is 0 Å².